The molecular formula is C17H22N6O. The van der Waals surface area contributed by atoms with Gasteiger partial charge in [-0.2, -0.15) is 15.5 Å². The Morgan fingerprint density at radius 1 is 1.29 bits per heavy atom. The van der Waals surface area contributed by atoms with Crippen molar-refractivity contribution < 1.29 is 4.74 Å². The second-order valence-corrected chi connectivity index (χ2v) is 6.27. The Morgan fingerprint density at radius 3 is 2.75 bits per heavy atom. The van der Waals surface area contributed by atoms with Crippen molar-refractivity contribution in [3.63, 3.8) is 0 Å². The van der Waals surface area contributed by atoms with Crippen LogP contribution in [-0.2, 0) is 11.3 Å². The van der Waals surface area contributed by atoms with Gasteiger partial charge in [-0.3, -0.25) is 4.68 Å². The molecule has 126 valence electrons. The highest BCUT2D eigenvalue weighted by Gasteiger charge is 2.25. The normalized spacial score (nSPS) is 17.8. The molecule has 0 unspecified atom stereocenters. The van der Waals surface area contributed by atoms with Gasteiger partial charge in [-0.1, -0.05) is 0 Å². The molecule has 2 aromatic rings. The number of hydrogen-bond donors (Lipinski definition) is 0. The van der Waals surface area contributed by atoms with Crippen LogP contribution in [0.2, 0.25) is 0 Å². The maximum Gasteiger partial charge on any atom is 0.169 e. The van der Waals surface area contributed by atoms with E-state index in [1.165, 1.54) is 0 Å². The standard InChI is InChI=1S/C17H22N6O/c1-11-7-12(2)23(21-11)10-15-9-22(5-6-24-15)17-16(8-18)13(3)14(4)19-20-17/h7,15H,5-6,9-10H2,1-4H3/t15-/m1/s1. The van der Waals surface area contributed by atoms with Gasteiger partial charge in [0.1, 0.15) is 11.6 Å². The third-order valence-electron chi connectivity index (χ3n) is 4.47. The number of aryl methyl sites for hydroxylation is 3. The van der Waals surface area contributed by atoms with E-state index in [2.05, 4.69) is 32.3 Å². The minimum Gasteiger partial charge on any atom is -0.373 e. The fourth-order valence-electron chi connectivity index (χ4n) is 3.03. The Balaban J connectivity index is 1.80. The maximum absolute atomic E-state index is 9.50. The SMILES string of the molecule is Cc1cc(C)n(C[C@H]2CN(c3nnc(C)c(C)c3C#N)CCO2)n1. The number of morpholine rings is 1. The van der Waals surface area contributed by atoms with Gasteiger partial charge in [-0.05, 0) is 39.3 Å². The summed E-state index contributed by atoms with van der Waals surface area (Å²) in [6.45, 7) is 10.5. The van der Waals surface area contributed by atoms with Gasteiger partial charge in [0.2, 0.25) is 0 Å². The summed E-state index contributed by atoms with van der Waals surface area (Å²) in [5, 5.41) is 22.5. The fraction of sp³-hybridized carbons (Fsp3) is 0.529. The Hall–Kier alpha value is -2.46. The van der Waals surface area contributed by atoms with Gasteiger partial charge in [0.25, 0.3) is 0 Å². The van der Waals surface area contributed by atoms with Gasteiger partial charge >= 0.3 is 0 Å². The van der Waals surface area contributed by atoms with E-state index in [-0.39, 0.29) is 6.10 Å². The van der Waals surface area contributed by atoms with Gasteiger partial charge in [0, 0.05) is 18.8 Å². The summed E-state index contributed by atoms with van der Waals surface area (Å²) in [6.07, 6.45) is 0.00621. The van der Waals surface area contributed by atoms with Crippen LogP contribution in [0.4, 0.5) is 5.82 Å². The summed E-state index contributed by atoms with van der Waals surface area (Å²) in [7, 11) is 0. The molecule has 1 aliphatic heterocycles. The van der Waals surface area contributed by atoms with Crippen LogP contribution in [0.3, 0.4) is 0 Å². The Kier molecular flexibility index (Phi) is 4.49. The molecule has 3 heterocycles. The van der Waals surface area contributed by atoms with E-state index < -0.39 is 0 Å². The molecule has 3 rings (SSSR count). The molecule has 1 aliphatic rings. The number of aromatic nitrogens is 4. The number of rotatable bonds is 3. The summed E-state index contributed by atoms with van der Waals surface area (Å²) < 4.78 is 7.86. The van der Waals surface area contributed by atoms with Crippen molar-refractivity contribution in [2.24, 2.45) is 0 Å². The van der Waals surface area contributed by atoms with E-state index in [1.54, 1.807) is 0 Å². The van der Waals surface area contributed by atoms with Crippen LogP contribution in [0.1, 0.15) is 28.2 Å². The molecule has 0 spiro atoms. The lowest BCUT2D eigenvalue weighted by molar-refractivity contribution is 0.0267. The number of nitrogens with zero attached hydrogens (tertiary/aromatic N) is 6. The highest BCUT2D eigenvalue weighted by Crippen LogP contribution is 2.23. The molecule has 0 N–H and O–H groups in total. The molecule has 0 aliphatic carbocycles. The highest BCUT2D eigenvalue weighted by molar-refractivity contribution is 5.57. The fourth-order valence-corrected chi connectivity index (χ4v) is 3.03. The predicted molar refractivity (Wildman–Crippen MR) is 89.9 cm³/mol. The third-order valence-corrected chi connectivity index (χ3v) is 4.47. The average Bonchev–Trinajstić information content (AvgIpc) is 2.87. The van der Waals surface area contributed by atoms with Crippen molar-refractivity contribution in [2.75, 3.05) is 24.6 Å². The van der Waals surface area contributed by atoms with Crippen molar-refractivity contribution in [1.29, 1.82) is 5.26 Å². The zero-order chi connectivity index (χ0) is 17.3. The number of ether oxygens (including phenoxy) is 1. The van der Waals surface area contributed by atoms with Crippen molar-refractivity contribution in [1.82, 2.24) is 20.0 Å². The minimum atomic E-state index is 0.00621. The van der Waals surface area contributed by atoms with Gasteiger partial charge in [0.05, 0.1) is 30.6 Å². The summed E-state index contributed by atoms with van der Waals surface area (Å²) in [6, 6.07) is 4.34. The third kappa shape index (κ3) is 3.10. The monoisotopic (exact) mass is 326 g/mol. The van der Waals surface area contributed by atoms with Crippen LogP contribution in [0.15, 0.2) is 6.07 Å². The molecule has 0 saturated carbocycles. The molecule has 0 amide bonds. The second-order valence-electron chi connectivity index (χ2n) is 6.27. The molecule has 0 aromatic carbocycles. The second kappa shape index (κ2) is 6.57. The smallest absolute Gasteiger partial charge is 0.169 e. The lowest BCUT2D eigenvalue weighted by Crippen LogP contribution is -2.45. The molecule has 0 bridgehead atoms. The van der Waals surface area contributed by atoms with Gasteiger partial charge < -0.3 is 9.64 Å². The largest absolute Gasteiger partial charge is 0.373 e. The summed E-state index contributed by atoms with van der Waals surface area (Å²) in [4.78, 5) is 2.10. The molecular weight excluding hydrogens is 304 g/mol. The van der Waals surface area contributed by atoms with Crippen LogP contribution >= 0.6 is 0 Å². The first kappa shape index (κ1) is 16.4. The van der Waals surface area contributed by atoms with E-state index in [0.29, 0.717) is 37.6 Å². The average molecular weight is 326 g/mol. The van der Waals surface area contributed by atoms with E-state index in [0.717, 1.165) is 22.6 Å². The molecule has 7 nitrogen and oxygen atoms in total. The van der Waals surface area contributed by atoms with E-state index in [4.69, 9.17) is 4.74 Å². The Morgan fingerprint density at radius 2 is 2.08 bits per heavy atom. The first-order valence-corrected chi connectivity index (χ1v) is 8.11. The van der Waals surface area contributed by atoms with E-state index in [9.17, 15) is 5.26 Å². The molecule has 24 heavy (non-hydrogen) atoms. The Labute approximate surface area is 141 Å². The summed E-state index contributed by atoms with van der Waals surface area (Å²) in [5.41, 5.74) is 4.42. The lowest BCUT2D eigenvalue weighted by Gasteiger charge is -2.34. The molecule has 0 radical (unpaired) electrons. The first-order valence-electron chi connectivity index (χ1n) is 8.11. The van der Waals surface area contributed by atoms with Crippen LogP contribution in [0.5, 0.6) is 0 Å². The topological polar surface area (TPSA) is 79.9 Å². The summed E-state index contributed by atoms with van der Waals surface area (Å²) in [5.74, 6) is 0.655. The van der Waals surface area contributed by atoms with E-state index >= 15 is 0 Å². The minimum absolute atomic E-state index is 0.00621. The number of hydrogen-bond acceptors (Lipinski definition) is 6. The van der Waals surface area contributed by atoms with Crippen molar-refractivity contribution in [3.05, 3.63) is 34.3 Å². The van der Waals surface area contributed by atoms with Crippen LogP contribution in [0.25, 0.3) is 0 Å². The lowest BCUT2D eigenvalue weighted by atomic mass is 10.1. The zero-order valence-electron chi connectivity index (χ0n) is 14.6. The quantitative estimate of drug-likeness (QED) is 0.854. The maximum atomic E-state index is 9.50. The molecule has 7 heteroatoms. The van der Waals surface area contributed by atoms with Gasteiger partial charge in [0.15, 0.2) is 5.82 Å². The highest BCUT2D eigenvalue weighted by atomic mass is 16.5. The molecule has 2 aromatic heterocycles. The van der Waals surface area contributed by atoms with Gasteiger partial charge in [-0.25, -0.2) is 0 Å². The predicted octanol–water partition coefficient (Wildman–Crippen LogP) is 1.68. The molecule has 1 fully saturated rings. The van der Waals surface area contributed by atoms with Crippen LogP contribution < -0.4 is 4.90 Å². The van der Waals surface area contributed by atoms with Crippen LogP contribution in [-0.4, -0.2) is 45.8 Å². The van der Waals surface area contributed by atoms with Crippen molar-refractivity contribution in [2.45, 2.75) is 40.3 Å². The zero-order valence-corrected chi connectivity index (χ0v) is 14.6. The van der Waals surface area contributed by atoms with Crippen LogP contribution in [0, 0.1) is 39.0 Å². The summed E-state index contributed by atoms with van der Waals surface area (Å²) >= 11 is 0. The van der Waals surface area contributed by atoms with E-state index in [1.807, 2.05) is 32.4 Å². The Bertz CT molecular complexity index is 791. The molecule has 1 saturated heterocycles. The first-order chi connectivity index (χ1) is 11.5. The number of nitriles is 1. The number of anilines is 1. The molecule has 1 atom stereocenters. The van der Waals surface area contributed by atoms with Gasteiger partial charge in [-0.15, -0.1) is 5.10 Å². The van der Waals surface area contributed by atoms with Crippen molar-refractivity contribution >= 4 is 5.82 Å². The van der Waals surface area contributed by atoms with Crippen molar-refractivity contribution in [3.8, 4) is 6.07 Å².